The van der Waals surface area contributed by atoms with Gasteiger partial charge in [-0.2, -0.15) is 0 Å². The Balaban J connectivity index is 1.39. The van der Waals surface area contributed by atoms with Crippen LogP contribution in [-0.4, -0.2) is 54.7 Å². The van der Waals surface area contributed by atoms with Crippen LogP contribution in [0.5, 0.6) is 11.5 Å². The summed E-state index contributed by atoms with van der Waals surface area (Å²) >= 11 is 18.0. The molecule has 4 aliphatic rings. The van der Waals surface area contributed by atoms with Gasteiger partial charge in [0.2, 0.25) is 11.8 Å². The van der Waals surface area contributed by atoms with Gasteiger partial charge in [-0.1, -0.05) is 27.6 Å². The highest BCUT2D eigenvalue weighted by molar-refractivity contribution is 9.10. The second-order valence-corrected chi connectivity index (χ2v) is 14.1. The number of alkyl halides is 2. The average molecular weight is 744 g/mol. The van der Waals surface area contributed by atoms with Gasteiger partial charge in [0.15, 0.2) is 9.75 Å². The third-order valence-electron chi connectivity index (χ3n) is 9.67. The molecular weight excluding hydrogens is 722 g/mol. The number of fused-ring (bicyclic) bond motifs is 4. The number of carboxylic acid groups (broad SMARTS) is 1. The van der Waals surface area contributed by atoms with E-state index in [0.717, 1.165) is 34.1 Å². The van der Waals surface area contributed by atoms with Crippen LogP contribution in [0.25, 0.3) is 0 Å². The molecule has 3 aromatic carbocycles. The van der Waals surface area contributed by atoms with Crippen molar-refractivity contribution in [2.24, 2.45) is 17.8 Å². The van der Waals surface area contributed by atoms with Crippen LogP contribution in [0, 0.1) is 23.6 Å². The molecule has 6 atom stereocenters. The number of hydrogen-bond donors (Lipinski definition) is 3. The lowest BCUT2D eigenvalue weighted by Crippen LogP contribution is -2.60. The topological polar surface area (TPSA) is 153 Å². The van der Waals surface area contributed by atoms with Crippen molar-refractivity contribution in [1.29, 1.82) is 0 Å². The van der Waals surface area contributed by atoms with E-state index in [0.29, 0.717) is 10.0 Å². The molecule has 0 spiro atoms. The van der Waals surface area contributed by atoms with Gasteiger partial charge in [0, 0.05) is 22.0 Å². The van der Waals surface area contributed by atoms with Crippen molar-refractivity contribution in [2.45, 2.75) is 28.5 Å². The first kappa shape index (κ1) is 31.3. The number of carbonyl (C=O) groups excluding carboxylic acids is 4. The van der Waals surface area contributed by atoms with E-state index in [1.54, 1.807) is 12.1 Å². The molecule has 240 valence electrons. The number of carboxylic acids is 1. The van der Waals surface area contributed by atoms with E-state index in [9.17, 15) is 43.7 Å². The van der Waals surface area contributed by atoms with Crippen molar-refractivity contribution in [3.8, 4) is 11.5 Å². The predicted octanol–water partition coefficient (Wildman–Crippen LogP) is 5.47. The van der Waals surface area contributed by atoms with Crippen molar-refractivity contribution in [3.05, 3.63) is 93.7 Å². The largest absolute Gasteiger partial charge is 0.508 e. The number of halogens is 4. The van der Waals surface area contributed by atoms with E-state index in [2.05, 4.69) is 15.9 Å². The summed E-state index contributed by atoms with van der Waals surface area (Å²) in [6, 6.07) is 12.4. The Morgan fingerprint density at radius 3 is 2.19 bits per heavy atom. The van der Waals surface area contributed by atoms with Crippen LogP contribution in [0.1, 0.15) is 34.7 Å². The summed E-state index contributed by atoms with van der Waals surface area (Å²) in [5.74, 6) is -10.2. The molecule has 2 heterocycles. The first-order valence-corrected chi connectivity index (χ1v) is 15.9. The number of nitrogens with zero attached hydrogens (tertiary/aromatic N) is 2. The number of phenolic OH excluding ortho intramolecular Hbond substituents is 1. The number of rotatable bonds is 4. The van der Waals surface area contributed by atoms with Crippen molar-refractivity contribution in [1.82, 2.24) is 0 Å². The highest BCUT2D eigenvalue weighted by Crippen LogP contribution is 2.66. The number of carbonyl (C=O) groups is 5. The highest BCUT2D eigenvalue weighted by atomic mass is 79.9. The second kappa shape index (κ2) is 10.6. The van der Waals surface area contributed by atoms with Crippen LogP contribution in [0.15, 0.2) is 76.8 Å². The van der Waals surface area contributed by atoms with Gasteiger partial charge in [0.05, 0.1) is 23.2 Å². The normalized spacial score (nSPS) is 29.8. The fourth-order valence-electron chi connectivity index (χ4n) is 7.60. The maximum atomic E-state index is 14.4. The molecule has 4 amide bonds. The number of anilines is 2. The summed E-state index contributed by atoms with van der Waals surface area (Å²) in [5, 5.41) is 30.7. The zero-order valence-corrected chi connectivity index (χ0v) is 27.0. The number of phenols is 2. The number of benzene rings is 3. The summed E-state index contributed by atoms with van der Waals surface area (Å²) in [6.07, 6.45) is 1.39. The molecule has 1 saturated carbocycles. The molecule has 2 aliphatic carbocycles. The molecule has 10 nitrogen and oxygen atoms in total. The molecule has 7 rings (SSSR count). The molecule has 2 saturated heterocycles. The Labute approximate surface area is 284 Å². The Kier molecular flexibility index (Phi) is 7.09. The molecule has 3 fully saturated rings. The van der Waals surface area contributed by atoms with Crippen LogP contribution in [-0.2, 0) is 19.2 Å². The summed E-state index contributed by atoms with van der Waals surface area (Å²) < 4.78 is 14.3. The van der Waals surface area contributed by atoms with E-state index in [-0.39, 0.29) is 35.5 Å². The van der Waals surface area contributed by atoms with Crippen molar-refractivity contribution >= 4 is 80.1 Å². The second-order valence-electron chi connectivity index (χ2n) is 12.0. The van der Waals surface area contributed by atoms with Crippen LogP contribution in [0.4, 0.5) is 15.8 Å². The molecule has 2 aliphatic heterocycles. The maximum absolute atomic E-state index is 14.4. The summed E-state index contributed by atoms with van der Waals surface area (Å²) in [5.41, 5.74) is 0.137. The van der Waals surface area contributed by atoms with Gasteiger partial charge in [-0.15, -0.1) is 23.2 Å². The number of allylic oxidation sites excluding steroid dienone is 2. The minimum atomic E-state index is -2.22. The summed E-state index contributed by atoms with van der Waals surface area (Å²) in [6.45, 7) is 0. The summed E-state index contributed by atoms with van der Waals surface area (Å²) in [4.78, 5) is 65.3. The molecule has 3 aromatic rings. The van der Waals surface area contributed by atoms with Crippen LogP contribution in [0.2, 0.25) is 0 Å². The van der Waals surface area contributed by atoms with Crippen LogP contribution >= 0.6 is 39.1 Å². The Morgan fingerprint density at radius 2 is 1.53 bits per heavy atom. The van der Waals surface area contributed by atoms with Crippen LogP contribution in [0.3, 0.4) is 0 Å². The fraction of sp³-hybridized carbons (Fsp3) is 0.242. The SMILES string of the molecule is O=C(O)c1ccc(N2C(=O)C3CC=C4C(CC5(Cl)C(=O)N(c6ccc(F)cc6)C(=O)C5(Cl)C4c4cc(Br)ccc4O)C3C2=O)cc1O. The summed E-state index contributed by atoms with van der Waals surface area (Å²) in [7, 11) is 0. The molecule has 0 aromatic heterocycles. The van der Waals surface area contributed by atoms with Crippen molar-refractivity contribution in [2.75, 3.05) is 9.80 Å². The molecule has 6 unspecified atom stereocenters. The first-order chi connectivity index (χ1) is 22.2. The lowest BCUT2D eigenvalue weighted by atomic mass is 9.56. The quantitative estimate of drug-likeness (QED) is 0.181. The fourth-order valence-corrected chi connectivity index (χ4v) is 8.90. The van der Waals surface area contributed by atoms with E-state index >= 15 is 0 Å². The molecule has 0 bridgehead atoms. The predicted molar refractivity (Wildman–Crippen MR) is 170 cm³/mol. The minimum absolute atomic E-state index is 0.0193. The smallest absolute Gasteiger partial charge is 0.339 e. The lowest BCUT2D eigenvalue weighted by molar-refractivity contribution is -0.125. The molecule has 0 radical (unpaired) electrons. The number of aromatic carboxylic acids is 1. The minimum Gasteiger partial charge on any atom is -0.508 e. The zero-order valence-electron chi connectivity index (χ0n) is 23.9. The lowest BCUT2D eigenvalue weighted by Gasteiger charge is -2.50. The average Bonchev–Trinajstić information content (AvgIpc) is 3.36. The van der Waals surface area contributed by atoms with Gasteiger partial charge in [-0.3, -0.25) is 19.2 Å². The molecule has 14 heteroatoms. The standard InChI is InChI=1S/C33H22BrCl2FN2O8/c34-14-1-10-23(40)21(11-14)26-18-8-9-20-25(28(43)38(27(20)42)17-6-7-19(29(44)45)24(41)12-17)22(18)13-32(35)30(46)39(31(47)33(26,32)36)16-4-2-15(37)3-5-16/h1-8,10-12,20,22,25-26,40-41H,9,13H2,(H,44,45). The van der Waals surface area contributed by atoms with Crippen molar-refractivity contribution in [3.63, 3.8) is 0 Å². The number of imide groups is 2. The maximum Gasteiger partial charge on any atom is 0.339 e. The number of hydrogen-bond acceptors (Lipinski definition) is 7. The first-order valence-electron chi connectivity index (χ1n) is 14.4. The molecule has 47 heavy (non-hydrogen) atoms. The van der Waals surface area contributed by atoms with Gasteiger partial charge in [-0.25, -0.2) is 19.0 Å². The third kappa shape index (κ3) is 4.24. The Bertz CT molecular complexity index is 1990. The third-order valence-corrected chi connectivity index (χ3v) is 11.6. The van der Waals surface area contributed by atoms with Crippen LogP contribution < -0.4 is 9.80 Å². The molecular formula is C33H22BrCl2FN2O8. The zero-order chi connectivity index (χ0) is 33.7. The highest BCUT2D eigenvalue weighted by Gasteiger charge is 2.77. The van der Waals surface area contributed by atoms with Gasteiger partial charge in [-0.05, 0) is 73.4 Å². The Hall–Kier alpha value is -4.26. The Morgan fingerprint density at radius 1 is 0.851 bits per heavy atom. The van der Waals surface area contributed by atoms with E-state index < -0.39 is 80.1 Å². The number of amides is 4. The molecule has 3 N–H and O–H groups in total. The van der Waals surface area contributed by atoms with Crippen molar-refractivity contribution < 1.29 is 43.7 Å². The van der Waals surface area contributed by atoms with E-state index in [1.807, 2.05) is 0 Å². The monoisotopic (exact) mass is 742 g/mol. The van der Waals surface area contributed by atoms with Gasteiger partial charge >= 0.3 is 5.97 Å². The van der Waals surface area contributed by atoms with E-state index in [4.69, 9.17) is 23.2 Å². The van der Waals surface area contributed by atoms with Gasteiger partial charge in [0.25, 0.3) is 11.8 Å². The van der Waals surface area contributed by atoms with E-state index in [1.165, 1.54) is 30.3 Å². The number of aromatic hydroxyl groups is 2. The van der Waals surface area contributed by atoms with Gasteiger partial charge in [0.1, 0.15) is 22.9 Å². The van der Waals surface area contributed by atoms with Gasteiger partial charge < -0.3 is 15.3 Å².